The average Bonchev–Trinajstić information content (AvgIpc) is 3.03. The SMILES string of the molecule is CCc1ccc(Nc2nnc(SC[C@H](C#N)CCC#N)s2)cc1. The first-order chi connectivity index (χ1) is 11.2. The Labute approximate surface area is 144 Å². The molecular formula is C16H17N5S2. The molecule has 0 fully saturated rings. The molecule has 0 aliphatic carbocycles. The fourth-order valence-corrected chi connectivity index (χ4v) is 3.72. The molecule has 0 amide bonds. The smallest absolute Gasteiger partial charge is 0.210 e. The standard InChI is InChI=1S/C16H17N5S2/c1-2-12-5-7-14(8-6-12)19-15-20-21-16(23-15)22-11-13(10-18)4-3-9-17/h5-8,13H,2-4,11H2,1H3,(H,19,20)/t13-/m0/s1. The van der Waals surface area contributed by atoms with E-state index in [4.69, 9.17) is 10.5 Å². The largest absolute Gasteiger partial charge is 0.330 e. The summed E-state index contributed by atoms with van der Waals surface area (Å²) in [7, 11) is 0. The zero-order valence-corrected chi connectivity index (χ0v) is 14.5. The minimum Gasteiger partial charge on any atom is -0.330 e. The van der Waals surface area contributed by atoms with E-state index in [1.54, 1.807) is 0 Å². The molecule has 5 nitrogen and oxygen atoms in total. The van der Waals surface area contributed by atoms with Gasteiger partial charge in [-0.3, -0.25) is 0 Å². The summed E-state index contributed by atoms with van der Waals surface area (Å²) in [6.45, 7) is 2.13. The van der Waals surface area contributed by atoms with Gasteiger partial charge in [0.15, 0.2) is 4.34 Å². The molecule has 0 saturated carbocycles. The number of benzene rings is 1. The van der Waals surface area contributed by atoms with Gasteiger partial charge >= 0.3 is 0 Å². The van der Waals surface area contributed by atoms with Crippen molar-refractivity contribution >= 4 is 33.9 Å². The van der Waals surface area contributed by atoms with Crippen LogP contribution in [0.4, 0.5) is 10.8 Å². The molecule has 1 heterocycles. The van der Waals surface area contributed by atoms with Crippen molar-refractivity contribution in [1.29, 1.82) is 10.5 Å². The number of nitrogens with zero attached hydrogens (tertiary/aromatic N) is 4. The second-order valence-electron chi connectivity index (χ2n) is 4.88. The van der Waals surface area contributed by atoms with E-state index in [0.29, 0.717) is 18.6 Å². The van der Waals surface area contributed by atoms with E-state index in [-0.39, 0.29) is 5.92 Å². The van der Waals surface area contributed by atoms with E-state index < -0.39 is 0 Å². The van der Waals surface area contributed by atoms with E-state index in [1.165, 1.54) is 28.7 Å². The average molecular weight is 343 g/mol. The normalized spacial score (nSPS) is 11.4. The predicted octanol–water partition coefficient (Wildman–Crippen LogP) is 4.38. The fraction of sp³-hybridized carbons (Fsp3) is 0.375. The molecule has 7 heteroatoms. The quantitative estimate of drug-likeness (QED) is 0.716. The minimum absolute atomic E-state index is 0.124. The number of anilines is 2. The van der Waals surface area contributed by atoms with Gasteiger partial charge in [-0.15, -0.1) is 10.2 Å². The summed E-state index contributed by atoms with van der Waals surface area (Å²) >= 11 is 2.98. The Bertz CT molecular complexity index is 696. The molecular weight excluding hydrogens is 326 g/mol. The van der Waals surface area contributed by atoms with Gasteiger partial charge in [0.05, 0.1) is 18.1 Å². The molecule has 118 valence electrons. The maximum atomic E-state index is 9.06. The summed E-state index contributed by atoms with van der Waals surface area (Å²) in [5, 5.41) is 29.9. The van der Waals surface area contributed by atoms with Crippen LogP contribution in [-0.4, -0.2) is 16.0 Å². The van der Waals surface area contributed by atoms with Crippen LogP contribution in [0.25, 0.3) is 0 Å². The maximum absolute atomic E-state index is 9.06. The molecule has 23 heavy (non-hydrogen) atoms. The number of thioether (sulfide) groups is 1. The molecule has 0 saturated heterocycles. The van der Waals surface area contributed by atoms with Crippen LogP contribution in [-0.2, 0) is 6.42 Å². The number of aryl methyl sites for hydroxylation is 1. The third kappa shape index (κ3) is 5.55. The van der Waals surface area contributed by atoms with E-state index in [9.17, 15) is 0 Å². The Morgan fingerprint density at radius 3 is 2.70 bits per heavy atom. The first-order valence-corrected chi connectivity index (χ1v) is 9.14. The van der Waals surface area contributed by atoms with Crippen molar-refractivity contribution in [3.05, 3.63) is 29.8 Å². The van der Waals surface area contributed by atoms with Crippen LogP contribution in [0.1, 0.15) is 25.3 Å². The molecule has 0 aliphatic heterocycles. The number of nitriles is 2. The molecule has 0 aliphatic rings. The van der Waals surface area contributed by atoms with Crippen molar-refractivity contribution < 1.29 is 0 Å². The molecule has 1 aromatic carbocycles. The van der Waals surface area contributed by atoms with Crippen molar-refractivity contribution in [1.82, 2.24) is 10.2 Å². The predicted molar refractivity (Wildman–Crippen MR) is 93.7 cm³/mol. The Morgan fingerprint density at radius 1 is 1.26 bits per heavy atom. The van der Waals surface area contributed by atoms with Gasteiger partial charge in [-0.05, 0) is 30.5 Å². The lowest BCUT2D eigenvalue weighted by molar-refractivity contribution is 0.685. The lowest BCUT2D eigenvalue weighted by Gasteiger charge is -2.03. The van der Waals surface area contributed by atoms with Crippen molar-refractivity contribution in [3.8, 4) is 12.1 Å². The first kappa shape index (κ1) is 17.3. The molecule has 2 rings (SSSR count). The molecule has 2 aromatic rings. The highest BCUT2D eigenvalue weighted by Gasteiger charge is 2.11. The summed E-state index contributed by atoms with van der Waals surface area (Å²) < 4.78 is 0.829. The van der Waals surface area contributed by atoms with Crippen LogP contribution in [0.3, 0.4) is 0 Å². The highest BCUT2D eigenvalue weighted by atomic mass is 32.2. The maximum Gasteiger partial charge on any atom is 0.210 e. The molecule has 0 spiro atoms. The lowest BCUT2D eigenvalue weighted by Crippen LogP contribution is -1.99. The molecule has 1 N–H and O–H groups in total. The van der Waals surface area contributed by atoms with Crippen LogP contribution in [0, 0.1) is 28.6 Å². The van der Waals surface area contributed by atoms with Gasteiger partial charge in [0.2, 0.25) is 5.13 Å². The molecule has 0 bridgehead atoms. The zero-order valence-electron chi connectivity index (χ0n) is 12.8. The van der Waals surface area contributed by atoms with Crippen molar-refractivity contribution in [2.45, 2.75) is 30.5 Å². The van der Waals surface area contributed by atoms with E-state index in [1.807, 2.05) is 12.1 Å². The van der Waals surface area contributed by atoms with Crippen LogP contribution < -0.4 is 5.32 Å². The molecule has 1 aromatic heterocycles. The van der Waals surface area contributed by atoms with E-state index >= 15 is 0 Å². The van der Waals surface area contributed by atoms with Crippen molar-refractivity contribution in [2.24, 2.45) is 5.92 Å². The van der Waals surface area contributed by atoms with Gasteiger partial charge in [-0.2, -0.15) is 10.5 Å². The van der Waals surface area contributed by atoms with Gasteiger partial charge in [0.1, 0.15) is 0 Å². The van der Waals surface area contributed by atoms with E-state index in [0.717, 1.165) is 21.6 Å². The van der Waals surface area contributed by atoms with Gasteiger partial charge < -0.3 is 5.32 Å². The third-order valence-electron chi connectivity index (χ3n) is 3.22. The van der Waals surface area contributed by atoms with Crippen LogP contribution >= 0.6 is 23.1 Å². The highest BCUT2D eigenvalue weighted by molar-refractivity contribution is 8.01. The Kier molecular flexibility index (Phi) is 6.86. The Morgan fingerprint density at radius 2 is 2.04 bits per heavy atom. The number of nitrogens with one attached hydrogen (secondary N) is 1. The molecule has 0 radical (unpaired) electrons. The number of hydrogen-bond acceptors (Lipinski definition) is 7. The monoisotopic (exact) mass is 343 g/mol. The van der Waals surface area contributed by atoms with Crippen LogP contribution in [0.5, 0.6) is 0 Å². The number of aromatic nitrogens is 2. The second-order valence-corrected chi connectivity index (χ2v) is 7.13. The number of rotatable bonds is 8. The van der Waals surface area contributed by atoms with Crippen LogP contribution in [0.15, 0.2) is 28.6 Å². The summed E-state index contributed by atoms with van der Waals surface area (Å²) in [4.78, 5) is 0. The van der Waals surface area contributed by atoms with Gasteiger partial charge in [-0.25, -0.2) is 0 Å². The Hall–Kier alpha value is -2.09. The van der Waals surface area contributed by atoms with E-state index in [2.05, 4.69) is 46.7 Å². The lowest BCUT2D eigenvalue weighted by atomic mass is 10.1. The zero-order chi connectivity index (χ0) is 16.5. The fourth-order valence-electron chi connectivity index (χ4n) is 1.86. The van der Waals surface area contributed by atoms with Crippen molar-refractivity contribution in [3.63, 3.8) is 0 Å². The Balaban J connectivity index is 1.87. The first-order valence-electron chi connectivity index (χ1n) is 7.34. The van der Waals surface area contributed by atoms with Crippen molar-refractivity contribution in [2.75, 3.05) is 11.1 Å². The summed E-state index contributed by atoms with van der Waals surface area (Å²) in [5.41, 5.74) is 2.28. The summed E-state index contributed by atoms with van der Waals surface area (Å²) in [6.07, 6.45) is 2.04. The summed E-state index contributed by atoms with van der Waals surface area (Å²) in [5.74, 6) is 0.513. The van der Waals surface area contributed by atoms with Gasteiger partial charge in [0, 0.05) is 17.9 Å². The summed E-state index contributed by atoms with van der Waals surface area (Å²) in [6, 6.07) is 12.5. The van der Waals surface area contributed by atoms with Crippen LogP contribution in [0.2, 0.25) is 0 Å². The van der Waals surface area contributed by atoms with Gasteiger partial charge in [-0.1, -0.05) is 42.2 Å². The second kappa shape index (κ2) is 9.14. The van der Waals surface area contributed by atoms with Gasteiger partial charge in [0.25, 0.3) is 0 Å². The third-order valence-corrected chi connectivity index (χ3v) is 5.35. The molecule has 1 atom stereocenters. The number of hydrogen-bond donors (Lipinski definition) is 1. The highest BCUT2D eigenvalue weighted by Crippen LogP contribution is 2.29. The minimum atomic E-state index is -0.124. The topological polar surface area (TPSA) is 85.4 Å². The molecule has 0 unspecified atom stereocenters.